The van der Waals surface area contributed by atoms with Crippen LogP contribution in [-0.2, 0) is 0 Å². The molecule has 0 spiro atoms. The summed E-state index contributed by atoms with van der Waals surface area (Å²) in [6.07, 6.45) is 2.09. The maximum atomic E-state index is 2.21. The number of rotatable bonds is 0. The molecule has 0 aliphatic heterocycles. The first-order valence-electron chi connectivity index (χ1n) is 1.49. The van der Waals surface area contributed by atoms with Crippen LogP contribution in [-0.4, -0.2) is 55.5 Å². The molecule has 0 aromatic rings. The molecular formula is C3H5Rb. The molecular weight excluding hydrogens is 122 g/mol. The predicted octanol–water partition coefficient (Wildman–Crippen LogP) is 0.689. The van der Waals surface area contributed by atoms with Crippen LogP contribution in [0.15, 0.2) is 5.22 Å². The molecule has 0 nitrogen and oxygen atoms in total. The standard InChI is InChI=1S/C3H5.Rb/c1-3-2;/h1,3H,2H3;. The first-order chi connectivity index (χ1) is 1.91. The molecule has 0 bridgehead atoms. The topological polar surface area (TPSA) is 0 Å². The van der Waals surface area contributed by atoms with E-state index in [0.717, 1.165) is 55.5 Å². The fourth-order valence-electron chi connectivity index (χ4n) is 0. The Morgan fingerprint density at radius 3 is 2.00 bits per heavy atom. The third-order valence-electron chi connectivity index (χ3n) is 0.333. The van der Waals surface area contributed by atoms with E-state index in [9.17, 15) is 0 Å². The summed E-state index contributed by atoms with van der Waals surface area (Å²) in [7, 11) is 0. The number of allylic oxidation sites excluding steroid dienone is 1. The molecule has 1 heteroatoms. The van der Waals surface area contributed by atoms with E-state index in [-0.39, 0.29) is 0 Å². The molecule has 0 atom stereocenters. The van der Waals surface area contributed by atoms with E-state index in [4.69, 9.17) is 0 Å². The number of hydrogen-bond acceptors (Lipinski definition) is 0. The van der Waals surface area contributed by atoms with Crippen LogP contribution >= 0.6 is 0 Å². The first kappa shape index (κ1) is 5.55. The summed E-state index contributed by atoms with van der Waals surface area (Å²) in [6.45, 7) is 2.05. The average molecular weight is 127 g/mol. The van der Waals surface area contributed by atoms with Crippen LogP contribution < -0.4 is 0 Å². The SMILES string of the molecule is C/C=[CH]\[Rb]. The molecule has 0 aliphatic rings. The van der Waals surface area contributed by atoms with Gasteiger partial charge in [-0.2, -0.15) is 0 Å². The predicted molar refractivity (Wildman–Crippen MR) is 20.6 cm³/mol. The molecule has 0 fully saturated rings. The molecule has 0 aromatic carbocycles. The molecule has 0 radical (unpaired) electrons. The second-order valence-corrected chi connectivity index (χ2v) is 2.31. The summed E-state index contributed by atoms with van der Waals surface area (Å²) >= 11 is 0.804. The van der Waals surface area contributed by atoms with Crippen LogP contribution in [0.1, 0.15) is 6.92 Å². The van der Waals surface area contributed by atoms with E-state index in [1.165, 1.54) is 0 Å². The zero-order chi connectivity index (χ0) is 3.41. The van der Waals surface area contributed by atoms with Crippen molar-refractivity contribution in [1.82, 2.24) is 0 Å². The Kier molecular flexibility index (Phi) is 6.30. The zero-order valence-electron chi connectivity index (χ0n) is 3.15. The summed E-state index contributed by atoms with van der Waals surface area (Å²) in [5.74, 6) is 0. The van der Waals surface area contributed by atoms with Gasteiger partial charge in [0.1, 0.15) is 0 Å². The van der Waals surface area contributed by atoms with Crippen LogP contribution in [0.3, 0.4) is 0 Å². The second-order valence-electron chi connectivity index (χ2n) is 0.667. The Bertz CT molecular complexity index is 18.5. The van der Waals surface area contributed by atoms with Gasteiger partial charge in [-0.1, -0.05) is 0 Å². The fourth-order valence-corrected chi connectivity index (χ4v) is 0. The van der Waals surface area contributed by atoms with Crippen molar-refractivity contribution in [2.45, 2.75) is 6.92 Å². The molecule has 0 aromatic heterocycles. The Morgan fingerprint density at radius 1 is 1.75 bits per heavy atom. The van der Waals surface area contributed by atoms with Crippen LogP contribution in [0.4, 0.5) is 0 Å². The van der Waals surface area contributed by atoms with Crippen LogP contribution in [0.2, 0.25) is 0 Å². The van der Waals surface area contributed by atoms with Crippen molar-refractivity contribution in [2.24, 2.45) is 0 Å². The summed E-state index contributed by atoms with van der Waals surface area (Å²) in [6, 6.07) is 0. The molecule has 0 saturated heterocycles. The first-order valence-corrected chi connectivity index (χ1v) is 4.33. The van der Waals surface area contributed by atoms with Gasteiger partial charge in [0.15, 0.2) is 0 Å². The Hall–Kier alpha value is 1.55. The van der Waals surface area contributed by atoms with Crippen LogP contribution in [0.5, 0.6) is 0 Å². The quantitative estimate of drug-likeness (QED) is 0.448. The summed E-state index contributed by atoms with van der Waals surface area (Å²) < 4.78 is 2.21. The van der Waals surface area contributed by atoms with Crippen molar-refractivity contribution in [1.29, 1.82) is 0 Å². The Morgan fingerprint density at radius 2 is 2.00 bits per heavy atom. The van der Waals surface area contributed by atoms with E-state index < -0.39 is 0 Å². The monoisotopic (exact) mass is 126 g/mol. The molecule has 0 heterocycles. The van der Waals surface area contributed by atoms with E-state index in [0.29, 0.717) is 0 Å². The molecule has 4 heavy (non-hydrogen) atoms. The van der Waals surface area contributed by atoms with Crippen molar-refractivity contribution in [3.8, 4) is 0 Å². The summed E-state index contributed by atoms with van der Waals surface area (Å²) in [4.78, 5) is 0. The minimum absolute atomic E-state index is 0.804. The van der Waals surface area contributed by atoms with Crippen molar-refractivity contribution in [3.63, 3.8) is 0 Å². The molecule has 0 saturated carbocycles. The van der Waals surface area contributed by atoms with Crippen LogP contribution in [0, 0.1) is 0 Å². The van der Waals surface area contributed by atoms with E-state index in [2.05, 4.69) is 12.1 Å². The van der Waals surface area contributed by atoms with Crippen molar-refractivity contribution >= 4 is 55.5 Å². The second kappa shape index (κ2) is 4.55. The number of hydrogen-bond donors (Lipinski definition) is 0. The van der Waals surface area contributed by atoms with E-state index in [1.807, 2.05) is 0 Å². The van der Waals surface area contributed by atoms with Gasteiger partial charge < -0.3 is 0 Å². The third kappa shape index (κ3) is 3.55. The zero-order valence-corrected chi connectivity index (χ0v) is 8.07. The summed E-state index contributed by atoms with van der Waals surface area (Å²) in [5.41, 5.74) is 0. The minimum atomic E-state index is 0.804. The Labute approximate surface area is 66.0 Å². The maximum absolute atomic E-state index is 2.21. The van der Waals surface area contributed by atoms with Gasteiger partial charge in [-0.05, 0) is 0 Å². The molecule has 0 rings (SSSR count). The van der Waals surface area contributed by atoms with Gasteiger partial charge in [-0.3, -0.25) is 0 Å². The molecule has 0 N–H and O–H groups in total. The van der Waals surface area contributed by atoms with E-state index in [1.54, 1.807) is 0 Å². The van der Waals surface area contributed by atoms with Crippen molar-refractivity contribution in [2.75, 3.05) is 0 Å². The van der Waals surface area contributed by atoms with Gasteiger partial charge in [0.05, 0.1) is 0 Å². The molecule has 0 amide bonds. The van der Waals surface area contributed by atoms with Crippen molar-refractivity contribution < 1.29 is 0 Å². The van der Waals surface area contributed by atoms with Gasteiger partial charge in [-0.25, -0.2) is 0 Å². The Balaban J connectivity index is 2.55. The van der Waals surface area contributed by atoms with Gasteiger partial charge in [0.2, 0.25) is 0 Å². The molecule has 0 unspecified atom stereocenters. The summed E-state index contributed by atoms with van der Waals surface area (Å²) in [5, 5.41) is 0. The van der Waals surface area contributed by atoms with Gasteiger partial charge >= 0.3 is 67.7 Å². The third-order valence-corrected chi connectivity index (χ3v) is 1.97. The average Bonchev–Trinajstić information content (AvgIpc) is 1.37. The van der Waals surface area contributed by atoms with Gasteiger partial charge in [0.25, 0.3) is 0 Å². The van der Waals surface area contributed by atoms with E-state index >= 15 is 0 Å². The molecule has 18 valence electrons. The van der Waals surface area contributed by atoms with Gasteiger partial charge in [-0.15, -0.1) is 0 Å². The van der Waals surface area contributed by atoms with Crippen molar-refractivity contribution in [3.05, 3.63) is 5.22 Å². The normalized spacial score (nSPS) is 9.75. The van der Waals surface area contributed by atoms with Gasteiger partial charge in [0, 0.05) is 0 Å². The fraction of sp³-hybridized carbons (Fsp3) is 0.333. The molecule has 0 aliphatic carbocycles. The van der Waals surface area contributed by atoms with Crippen LogP contribution in [0.25, 0.3) is 0 Å².